The van der Waals surface area contributed by atoms with Gasteiger partial charge in [0.05, 0.1) is 5.69 Å². The summed E-state index contributed by atoms with van der Waals surface area (Å²) in [6.45, 7) is -0.246. The van der Waals surface area contributed by atoms with Crippen LogP contribution in [0.3, 0.4) is 0 Å². The van der Waals surface area contributed by atoms with Gasteiger partial charge in [0.1, 0.15) is 4.90 Å². The van der Waals surface area contributed by atoms with Crippen molar-refractivity contribution in [1.82, 2.24) is 4.72 Å². The molecule has 0 atom stereocenters. The lowest BCUT2D eigenvalue weighted by atomic mass is 10.2. The number of unbranched alkanes of at least 4 members (excludes halogenated alkanes) is 1. The van der Waals surface area contributed by atoms with Gasteiger partial charge >= 0.3 is 6.18 Å². The molecule has 0 spiro atoms. The van der Waals surface area contributed by atoms with Gasteiger partial charge < -0.3 is 5.73 Å². The summed E-state index contributed by atoms with van der Waals surface area (Å²) in [4.78, 5) is -0.733. The van der Waals surface area contributed by atoms with E-state index in [1.807, 2.05) is 4.72 Å². The van der Waals surface area contributed by atoms with Crippen molar-refractivity contribution in [2.45, 2.75) is 30.3 Å². The summed E-state index contributed by atoms with van der Waals surface area (Å²) < 4.78 is 75.0. The zero-order valence-corrected chi connectivity index (χ0v) is 12.2. The van der Waals surface area contributed by atoms with Gasteiger partial charge in [-0.15, -0.1) is 0 Å². The van der Waals surface area contributed by atoms with Crippen LogP contribution in [0.5, 0.6) is 0 Å². The summed E-state index contributed by atoms with van der Waals surface area (Å²) in [7, 11) is -4.22. The van der Waals surface area contributed by atoms with Crippen LogP contribution in [0.1, 0.15) is 19.3 Å². The number of hydrogen-bond acceptors (Lipinski definition) is 3. The summed E-state index contributed by atoms with van der Waals surface area (Å²) in [6, 6.07) is 1.94. The predicted molar refractivity (Wildman–Crippen MR) is 70.9 cm³/mol. The van der Waals surface area contributed by atoms with Crippen LogP contribution >= 0.6 is 11.6 Å². The van der Waals surface area contributed by atoms with Gasteiger partial charge in [-0.05, 0) is 25.0 Å². The maximum Gasteiger partial charge on any atom is 0.389 e. The first-order valence-electron chi connectivity index (χ1n) is 5.84. The van der Waals surface area contributed by atoms with Crippen LogP contribution in [0.2, 0.25) is 5.02 Å². The van der Waals surface area contributed by atoms with E-state index in [2.05, 4.69) is 0 Å². The van der Waals surface area contributed by atoms with Crippen molar-refractivity contribution in [3.63, 3.8) is 0 Å². The van der Waals surface area contributed by atoms with Gasteiger partial charge in [-0.25, -0.2) is 17.5 Å². The predicted octanol–water partition coefficient (Wildman–Crippen LogP) is 3.07. The zero-order valence-electron chi connectivity index (χ0n) is 10.7. The van der Waals surface area contributed by atoms with Crippen LogP contribution in [0.25, 0.3) is 0 Å². The Morgan fingerprint density at radius 2 is 1.86 bits per heavy atom. The maximum absolute atomic E-state index is 13.7. The molecule has 1 aromatic carbocycles. The molecule has 21 heavy (non-hydrogen) atoms. The third kappa shape index (κ3) is 5.68. The lowest BCUT2D eigenvalue weighted by Gasteiger charge is -2.10. The monoisotopic (exact) mass is 348 g/mol. The molecule has 0 aliphatic rings. The Labute approximate surface area is 124 Å². The SMILES string of the molecule is Nc1cc(Cl)cc(S(=O)(=O)NCCCCC(F)(F)F)c1F. The van der Waals surface area contributed by atoms with Gasteiger partial charge in [-0.2, -0.15) is 13.2 Å². The molecule has 0 aromatic heterocycles. The lowest BCUT2D eigenvalue weighted by molar-refractivity contribution is -0.135. The molecule has 0 saturated carbocycles. The molecule has 4 nitrogen and oxygen atoms in total. The first-order chi connectivity index (χ1) is 9.53. The topological polar surface area (TPSA) is 72.2 Å². The van der Waals surface area contributed by atoms with Crippen LogP contribution in [-0.2, 0) is 10.0 Å². The summed E-state index contributed by atoms with van der Waals surface area (Å²) in [6.07, 6.45) is -5.55. The normalized spacial score (nSPS) is 12.6. The van der Waals surface area contributed by atoms with Crippen LogP contribution in [0.15, 0.2) is 17.0 Å². The number of sulfonamides is 1. The van der Waals surface area contributed by atoms with E-state index in [9.17, 15) is 26.0 Å². The number of alkyl halides is 3. The third-order valence-corrected chi connectivity index (χ3v) is 4.18. The minimum absolute atomic E-state index is 0.0313. The summed E-state index contributed by atoms with van der Waals surface area (Å²) >= 11 is 5.60. The molecule has 0 unspecified atom stereocenters. The maximum atomic E-state index is 13.7. The highest BCUT2D eigenvalue weighted by Crippen LogP contribution is 2.25. The van der Waals surface area contributed by atoms with Gasteiger partial charge in [0.2, 0.25) is 10.0 Å². The molecule has 10 heteroatoms. The van der Waals surface area contributed by atoms with E-state index < -0.39 is 39.0 Å². The van der Waals surface area contributed by atoms with Crippen molar-refractivity contribution >= 4 is 27.3 Å². The molecule has 0 aliphatic carbocycles. The quantitative estimate of drug-likeness (QED) is 0.471. The molecule has 1 rings (SSSR count). The number of halogens is 5. The highest BCUT2D eigenvalue weighted by atomic mass is 35.5. The molecule has 1 aromatic rings. The van der Waals surface area contributed by atoms with Crippen molar-refractivity contribution in [2.75, 3.05) is 12.3 Å². The number of rotatable bonds is 6. The molecule has 0 saturated heterocycles. The molecule has 0 fully saturated rings. The van der Waals surface area contributed by atoms with Gasteiger partial charge in [-0.3, -0.25) is 0 Å². The Balaban J connectivity index is 2.67. The largest absolute Gasteiger partial charge is 0.396 e. The number of anilines is 1. The van der Waals surface area contributed by atoms with Crippen molar-refractivity contribution in [3.05, 3.63) is 23.0 Å². The van der Waals surface area contributed by atoms with Crippen molar-refractivity contribution in [1.29, 1.82) is 0 Å². The fourth-order valence-corrected chi connectivity index (χ4v) is 3.01. The Bertz CT molecular complexity index is 605. The smallest absolute Gasteiger partial charge is 0.389 e. The van der Waals surface area contributed by atoms with Gasteiger partial charge in [0, 0.05) is 18.0 Å². The summed E-state index contributed by atoms with van der Waals surface area (Å²) in [5.74, 6) is -1.15. The lowest BCUT2D eigenvalue weighted by Crippen LogP contribution is -2.26. The second kappa shape index (κ2) is 6.80. The van der Waals surface area contributed by atoms with Crippen molar-refractivity contribution in [3.8, 4) is 0 Å². The Kier molecular flexibility index (Phi) is 5.83. The average molecular weight is 349 g/mol. The average Bonchev–Trinajstić information content (AvgIpc) is 2.31. The van der Waals surface area contributed by atoms with E-state index in [1.54, 1.807) is 0 Å². The molecular formula is C11H13ClF4N2O2S. The van der Waals surface area contributed by atoms with Crippen LogP contribution < -0.4 is 10.5 Å². The molecular weight excluding hydrogens is 336 g/mol. The summed E-state index contributed by atoms with van der Waals surface area (Å²) in [5.41, 5.74) is 4.84. The van der Waals surface area contributed by atoms with Crippen LogP contribution in [0.4, 0.5) is 23.2 Å². The van der Waals surface area contributed by atoms with E-state index in [4.69, 9.17) is 17.3 Å². The van der Waals surface area contributed by atoms with Gasteiger partial charge in [0.15, 0.2) is 5.82 Å². The second-order valence-corrected chi connectivity index (χ2v) is 6.45. The fourth-order valence-electron chi connectivity index (χ4n) is 1.51. The van der Waals surface area contributed by atoms with Gasteiger partial charge in [0.25, 0.3) is 0 Å². The van der Waals surface area contributed by atoms with Crippen molar-refractivity contribution in [2.24, 2.45) is 0 Å². The van der Waals surface area contributed by atoms with E-state index in [1.165, 1.54) is 0 Å². The van der Waals surface area contributed by atoms with E-state index >= 15 is 0 Å². The first-order valence-corrected chi connectivity index (χ1v) is 7.70. The molecule has 120 valence electrons. The molecule has 0 bridgehead atoms. The van der Waals surface area contributed by atoms with Gasteiger partial charge in [-0.1, -0.05) is 11.6 Å². The molecule has 0 amide bonds. The molecule has 3 N–H and O–H groups in total. The third-order valence-electron chi connectivity index (χ3n) is 2.50. The van der Waals surface area contributed by atoms with Crippen LogP contribution in [-0.4, -0.2) is 21.1 Å². The fraction of sp³-hybridized carbons (Fsp3) is 0.455. The van der Waals surface area contributed by atoms with E-state index in [0.717, 1.165) is 12.1 Å². The number of nitrogens with one attached hydrogen (secondary N) is 1. The van der Waals surface area contributed by atoms with E-state index in [-0.39, 0.29) is 24.4 Å². The molecule has 0 radical (unpaired) electrons. The highest BCUT2D eigenvalue weighted by molar-refractivity contribution is 7.89. The number of nitrogen functional groups attached to an aromatic ring is 1. The molecule has 0 aliphatic heterocycles. The first kappa shape index (κ1) is 18.0. The summed E-state index contributed by atoms with van der Waals surface area (Å²) in [5, 5.41) is -0.0636. The number of hydrogen-bond donors (Lipinski definition) is 2. The highest BCUT2D eigenvalue weighted by Gasteiger charge is 2.26. The standard InChI is InChI=1S/C11H13ClF4N2O2S/c12-7-5-8(17)10(13)9(6-7)21(19,20)18-4-2-1-3-11(14,15)16/h5-6,18H,1-4,17H2. The zero-order chi connectivity index (χ0) is 16.3. The van der Waals surface area contributed by atoms with Crippen LogP contribution in [0, 0.1) is 5.82 Å². The number of benzene rings is 1. The number of nitrogens with two attached hydrogens (primary N) is 1. The van der Waals surface area contributed by atoms with Crippen molar-refractivity contribution < 1.29 is 26.0 Å². The van der Waals surface area contributed by atoms with E-state index in [0.29, 0.717) is 0 Å². The molecule has 0 heterocycles. The Morgan fingerprint density at radius 1 is 1.24 bits per heavy atom. The Hall–Kier alpha value is -1.06. The minimum atomic E-state index is -4.29. The second-order valence-electron chi connectivity index (χ2n) is 4.28. The minimum Gasteiger partial charge on any atom is -0.396 e. The Morgan fingerprint density at radius 3 is 2.43 bits per heavy atom.